The lowest BCUT2D eigenvalue weighted by Crippen LogP contribution is -2.36. The minimum absolute atomic E-state index is 0.0770. The van der Waals surface area contributed by atoms with Gasteiger partial charge in [0.05, 0.1) is 44.8 Å². The quantitative estimate of drug-likeness (QED) is 0.382. The molecule has 4 heterocycles. The number of nitrogens with one attached hydrogen (secondary N) is 1. The summed E-state index contributed by atoms with van der Waals surface area (Å²) in [5.74, 6) is 1.45. The molecule has 8 nitrogen and oxygen atoms in total. The molecule has 6 rings (SSSR count). The van der Waals surface area contributed by atoms with Gasteiger partial charge < -0.3 is 28.8 Å². The summed E-state index contributed by atoms with van der Waals surface area (Å²) in [6, 6.07) is 18.5. The third-order valence-corrected chi connectivity index (χ3v) is 7.25. The van der Waals surface area contributed by atoms with Gasteiger partial charge in [-0.25, -0.2) is 4.98 Å². The molecule has 8 heteroatoms. The molecule has 0 spiro atoms. The van der Waals surface area contributed by atoms with Crippen LogP contribution in [-0.2, 0) is 9.47 Å². The maximum Gasteiger partial charge on any atom is 0.142 e. The van der Waals surface area contributed by atoms with Gasteiger partial charge in [0, 0.05) is 48.8 Å². The maximum atomic E-state index is 9.86. The molecule has 0 atom stereocenters. The van der Waals surface area contributed by atoms with Gasteiger partial charge in [-0.2, -0.15) is 5.26 Å². The van der Waals surface area contributed by atoms with Gasteiger partial charge in [-0.05, 0) is 47.5 Å². The number of hydrogen-bond donors (Lipinski definition) is 1. The van der Waals surface area contributed by atoms with Crippen molar-refractivity contribution in [2.45, 2.75) is 18.9 Å². The summed E-state index contributed by atoms with van der Waals surface area (Å²) in [5.41, 5.74) is 6.30. The molecule has 0 radical (unpaired) electrons. The number of hydrogen-bond acceptors (Lipinski definition) is 7. The summed E-state index contributed by atoms with van der Waals surface area (Å²) in [6.45, 7) is 4.52. The zero-order valence-corrected chi connectivity index (χ0v) is 21.4. The molecule has 2 fully saturated rings. The number of H-pyrrole nitrogens is 1. The van der Waals surface area contributed by atoms with E-state index in [2.05, 4.69) is 45.2 Å². The number of benzene rings is 2. The van der Waals surface area contributed by atoms with Gasteiger partial charge in [-0.1, -0.05) is 12.1 Å². The molecule has 0 saturated carbocycles. The van der Waals surface area contributed by atoms with Crippen molar-refractivity contribution >= 4 is 16.7 Å². The number of pyridine rings is 1. The highest BCUT2D eigenvalue weighted by Crippen LogP contribution is 2.37. The predicted octanol–water partition coefficient (Wildman–Crippen LogP) is 5.17. The smallest absolute Gasteiger partial charge is 0.142 e. The first-order chi connectivity index (χ1) is 18.7. The topological polar surface area (TPSA) is 92.6 Å². The maximum absolute atomic E-state index is 9.86. The number of rotatable bonds is 6. The molecule has 0 bridgehead atoms. The molecule has 2 aliphatic heterocycles. The number of aromatic amines is 1. The number of methoxy groups -OCH3 is 1. The van der Waals surface area contributed by atoms with E-state index < -0.39 is 0 Å². The van der Waals surface area contributed by atoms with Crippen LogP contribution in [-0.4, -0.2) is 62.7 Å². The lowest BCUT2D eigenvalue weighted by molar-refractivity contribution is 0.0254. The third kappa shape index (κ3) is 4.78. The van der Waals surface area contributed by atoms with Crippen molar-refractivity contribution in [3.05, 3.63) is 60.3 Å². The Morgan fingerprint density at radius 3 is 2.53 bits per heavy atom. The van der Waals surface area contributed by atoms with Crippen molar-refractivity contribution in [3.8, 4) is 40.0 Å². The van der Waals surface area contributed by atoms with Crippen molar-refractivity contribution in [1.82, 2.24) is 9.97 Å². The van der Waals surface area contributed by atoms with E-state index in [1.54, 1.807) is 13.3 Å². The molecule has 2 aliphatic rings. The van der Waals surface area contributed by atoms with Gasteiger partial charge in [0.15, 0.2) is 0 Å². The highest BCUT2D eigenvalue weighted by molar-refractivity contribution is 5.96. The van der Waals surface area contributed by atoms with Gasteiger partial charge in [-0.15, -0.1) is 0 Å². The Kier molecular flexibility index (Phi) is 6.86. The monoisotopic (exact) mass is 510 g/mol. The number of morpholine rings is 1. The number of nitrogens with zero attached hydrogens (tertiary/aromatic N) is 3. The molecule has 194 valence electrons. The van der Waals surface area contributed by atoms with Gasteiger partial charge in [0.25, 0.3) is 0 Å². The van der Waals surface area contributed by atoms with Crippen LogP contribution in [0, 0.1) is 11.3 Å². The van der Waals surface area contributed by atoms with Gasteiger partial charge >= 0.3 is 0 Å². The summed E-state index contributed by atoms with van der Waals surface area (Å²) < 4.78 is 22.8. The standard InChI is InChI=1S/C30H30N4O4/c1-35-29-17-21(2-4-27(29)34-10-14-37-15-11-34)26-18-25-24(6-9-32-30(25)33-26)20-3-5-28(22(16-20)19-31)38-23-7-12-36-13-8-23/h2-6,9,16-18,23H,7-8,10-15H2,1H3,(H,32,33). The van der Waals surface area contributed by atoms with E-state index in [9.17, 15) is 5.26 Å². The minimum Gasteiger partial charge on any atom is -0.495 e. The molecule has 0 amide bonds. The third-order valence-electron chi connectivity index (χ3n) is 7.25. The first kappa shape index (κ1) is 24.3. The van der Waals surface area contributed by atoms with Crippen LogP contribution < -0.4 is 14.4 Å². The predicted molar refractivity (Wildman–Crippen MR) is 146 cm³/mol. The molecule has 4 aromatic rings. The normalized spacial score (nSPS) is 16.4. The highest BCUT2D eigenvalue weighted by Gasteiger charge is 2.19. The molecular weight excluding hydrogens is 480 g/mol. The second-order valence-electron chi connectivity index (χ2n) is 9.54. The number of ether oxygens (including phenoxy) is 4. The fourth-order valence-corrected chi connectivity index (χ4v) is 5.21. The SMILES string of the molecule is COc1cc(-c2cc3c(-c4ccc(OC5CCOCC5)c(C#N)c4)ccnc3[nH]2)ccc1N1CCOCC1. The first-order valence-electron chi connectivity index (χ1n) is 13.0. The molecule has 0 unspecified atom stereocenters. The molecule has 2 saturated heterocycles. The Labute approximate surface area is 221 Å². The van der Waals surface area contributed by atoms with E-state index in [0.717, 1.165) is 84.0 Å². The van der Waals surface area contributed by atoms with Crippen LogP contribution in [0.2, 0.25) is 0 Å². The summed E-state index contributed by atoms with van der Waals surface area (Å²) in [5, 5.41) is 10.8. The van der Waals surface area contributed by atoms with Crippen molar-refractivity contribution in [2.75, 3.05) is 51.5 Å². The van der Waals surface area contributed by atoms with E-state index in [4.69, 9.17) is 18.9 Å². The lowest BCUT2D eigenvalue weighted by Gasteiger charge is -2.30. The molecule has 2 aromatic carbocycles. The van der Waals surface area contributed by atoms with Gasteiger partial charge in [0.2, 0.25) is 0 Å². The van der Waals surface area contributed by atoms with Crippen molar-refractivity contribution in [1.29, 1.82) is 5.26 Å². The van der Waals surface area contributed by atoms with E-state index in [1.165, 1.54) is 0 Å². The molecule has 38 heavy (non-hydrogen) atoms. The Bertz CT molecular complexity index is 1480. The van der Waals surface area contributed by atoms with E-state index >= 15 is 0 Å². The summed E-state index contributed by atoms with van der Waals surface area (Å²) in [6.07, 6.45) is 3.54. The van der Waals surface area contributed by atoms with E-state index in [-0.39, 0.29) is 6.10 Å². The Morgan fingerprint density at radius 2 is 1.74 bits per heavy atom. The van der Waals surface area contributed by atoms with Crippen LogP contribution in [0.15, 0.2) is 54.7 Å². The highest BCUT2D eigenvalue weighted by atomic mass is 16.5. The second-order valence-corrected chi connectivity index (χ2v) is 9.54. The van der Waals surface area contributed by atoms with E-state index in [0.29, 0.717) is 24.5 Å². The summed E-state index contributed by atoms with van der Waals surface area (Å²) in [7, 11) is 1.70. The first-order valence-corrected chi connectivity index (χ1v) is 13.0. The fourth-order valence-electron chi connectivity index (χ4n) is 5.21. The van der Waals surface area contributed by atoms with Gasteiger partial charge in [-0.3, -0.25) is 0 Å². The molecule has 0 aliphatic carbocycles. The largest absolute Gasteiger partial charge is 0.495 e. The zero-order chi connectivity index (χ0) is 25.9. The molecule has 2 aromatic heterocycles. The van der Waals surface area contributed by atoms with Crippen LogP contribution in [0.4, 0.5) is 5.69 Å². The number of nitriles is 1. The average Bonchev–Trinajstić information content (AvgIpc) is 3.43. The van der Waals surface area contributed by atoms with E-state index in [1.807, 2.05) is 24.3 Å². The van der Waals surface area contributed by atoms with Crippen LogP contribution >= 0.6 is 0 Å². The van der Waals surface area contributed by atoms with Gasteiger partial charge in [0.1, 0.15) is 29.3 Å². The summed E-state index contributed by atoms with van der Waals surface area (Å²) in [4.78, 5) is 10.3. The average molecular weight is 511 g/mol. The van der Waals surface area contributed by atoms with Crippen LogP contribution in [0.25, 0.3) is 33.4 Å². The number of fused-ring (bicyclic) bond motifs is 1. The van der Waals surface area contributed by atoms with Crippen molar-refractivity contribution in [2.24, 2.45) is 0 Å². The fraction of sp³-hybridized carbons (Fsp3) is 0.333. The Morgan fingerprint density at radius 1 is 0.947 bits per heavy atom. The molecule has 1 N–H and O–H groups in total. The number of aromatic nitrogens is 2. The van der Waals surface area contributed by atoms with Crippen LogP contribution in [0.3, 0.4) is 0 Å². The van der Waals surface area contributed by atoms with Crippen LogP contribution in [0.1, 0.15) is 18.4 Å². The lowest BCUT2D eigenvalue weighted by atomic mass is 10.0. The summed E-state index contributed by atoms with van der Waals surface area (Å²) >= 11 is 0. The van der Waals surface area contributed by atoms with Crippen molar-refractivity contribution < 1.29 is 18.9 Å². The Balaban J connectivity index is 1.32. The minimum atomic E-state index is 0.0770. The number of anilines is 1. The zero-order valence-electron chi connectivity index (χ0n) is 21.4. The van der Waals surface area contributed by atoms with Crippen LogP contribution in [0.5, 0.6) is 11.5 Å². The second kappa shape index (κ2) is 10.7. The molecular formula is C30H30N4O4. The van der Waals surface area contributed by atoms with Crippen molar-refractivity contribution in [3.63, 3.8) is 0 Å². The Hall–Kier alpha value is -4.06.